The highest BCUT2D eigenvalue weighted by Crippen LogP contribution is 2.22. The topological polar surface area (TPSA) is 61.4 Å². The zero-order valence-electron chi connectivity index (χ0n) is 12.7. The molecule has 0 aromatic rings. The van der Waals surface area contributed by atoms with Crippen LogP contribution in [0.4, 0.5) is 4.79 Å². The SMILES string of the molecule is CC(C)CNC(=O)N1CCC[C@@H](CC(=O)NC2CC2)C1. The van der Waals surface area contributed by atoms with Crippen molar-refractivity contribution in [3.63, 3.8) is 0 Å². The smallest absolute Gasteiger partial charge is 0.317 e. The van der Waals surface area contributed by atoms with Gasteiger partial charge < -0.3 is 15.5 Å². The minimum atomic E-state index is 0.0194. The molecule has 5 nitrogen and oxygen atoms in total. The van der Waals surface area contributed by atoms with Crippen LogP contribution in [0.1, 0.15) is 46.0 Å². The number of likely N-dealkylation sites (tertiary alicyclic amines) is 1. The van der Waals surface area contributed by atoms with Crippen LogP contribution in [0.25, 0.3) is 0 Å². The minimum Gasteiger partial charge on any atom is -0.353 e. The molecule has 2 N–H and O–H groups in total. The van der Waals surface area contributed by atoms with Crippen molar-refractivity contribution < 1.29 is 9.59 Å². The summed E-state index contributed by atoms with van der Waals surface area (Å²) in [6, 6.07) is 0.447. The lowest BCUT2D eigenvalue weighted by Gasteiger charge is -2.32. The number of urea groups is 1. The lowest BCUT2D eigenvalue weighted by molar-refractivity contribution is -0.122. The van der Waals surface area contributed by atoms with Gasteiger partial charge in [0.15, 0.2) is 0 Å². The fraction of sp³-hybridized carbons (Fsp3) is 0.867. The van der Waals surface area contributed by atoms with E-state index in [2.05, 4.69) is 24.5 Å². The molecule has 1 saturated heterocycles. The van der Waals surface area contributed by atoms with E-state index < -0.39 is 0 Å². The summed E-state index contributed by atoms with van der Waals surface area (Å²) in [6.07, 6.45) is 4.85. The Morgan fingerprint density at radius 2 is 2.00 bits per heavy atom. The second kappa shape index (κ2) is 6.95. The normalized spacial score (nSPS) is 22.8. The Labute approximate surface area is 121 Å². The number of hydrogen-bond acceptors (Lipinski definition) is 2. The second-order valence-electron chi connectivity index (χ2n) is 6.58. The monoisotopic (exact) mass is 281 g/mol. The molecule has 5 heteroatoms. The lowest BCUT2D eigenvalue weighted by Crippen LogP contribution is -2.47. The van der Waals surface area contributed by atoms with Gasteiger partial charge >= 0.3 is 6.03 Å². The highest BCUT2D eigenvalue weighted by Gasteiger charge is 2.28. The van der Waals surface area contributed by atoms with E-state index in [-0.39, 0.29) is 11.9 Å². The van der Waals surface area contributed by atoms with Crippen molar-refractivity contribution in [1.29, 1.82) is 0 Å². The largest absolute Gasteiger partial charge is 0.353 e. The van der Waals surface area contributed by atoms with E-state index in [9.17, 15) is 9.59 Å². The summed E-state index contributed by atoms with van der Waals surface area (Å²) in [7, 11) is 0. The highest BCUT2D eigenvalue weighted by molar-refractivity contribution is 5.77. The van der Waals surface area contributed by atoms with Crippen LogP contribution in [0.5, 0.6) is 0 Å². The molecule has 2 aliphatic rings. The van der Waals surface area contributed by atoms with Crippen molar-refractivity contribution in [2.24, 2.45) is 11.8 Å². The minimum absolute atomic E-state index is 0.0194. The summed E-state index contributed by atoms with van der Waals surface area (Å²) >= 11 is 0. The van der Waals surface area contributed by atoms with E-state index >= 15 is 0 Å². The van der Waals surface area contributed by atoms with Crippen LogP contribution >= 0.6 is 0 Å². The quantitative estimate of drug-likeness (QED) is 0.806. The van der Waals surface area contributed by atoms with E-state index in [0.717, 1.165) is 32.2 Å². The number of nitrogens with one attached hydrogen (secondary N) is 2. The van der Waals surface area contributed by atoms with Crippen LogP contribution in [0.3, 0.4) is 0 Å². The van der Waals surface area contributed by atoms with Gasteiger partial charge in [0.2, 0.25) is 5.91 Å². The summed E-state index contributed by atoms with van der Waals surface area (Å²) in [5.41, 5.74) is 0. The summed E-state index contributed by atoms with van der Waals surface area (Å²) in [5, 5.41) is 5.98. The van der Waals surface area contributed by atoms with Crippen molar-refractivity contribution in [2.75, 3.05) is 19.6 Å². The van der Waals surface area contributed by atoms with Crippen LogP contribution in [0.15, 0.2) is 0 Å². The summed E-state index contributed by atoms with van der Waals surface area (Å²) in [6.45, 7) is 6.40. The maximum atomic E-state index is 12.0. The van der Waals surface area contributed by atoms with Crippen LogP contribution in [0, 0.1) is 11.8 Å². The summed E-state index contributed by atoms with van der Waals surface area (Å²) in [5.74, 6) is 0.929. The van der Waals surface area contributed by atoms with E-state index in [1.165, 1.54) is 0 Å². The summed E-state index contributed by atoms with van der Waals surface area (Å²) < 4.78 is 0. The fourth-order valence-electron chi connectivity index (χ4n) is 2.60. The van der Waals surface area contributed by atoms with Crippen molar-refractivity contribution in [3.05, 3.63) is 0 Å². The van der Waals surface area contributed by atoms with Crippen LogP contribution < -0.4 is 10.6 Å². The molecule has 0 bridgehead atoms. The van der Waals surface area contributed by atoms with Crippen molar-refractivity contribution >= 4 is 11.9 Å². The molecule has 0 unspecified atom stereocenters. The van der Waals surface area contributed by atoms with E-state index in [0.29, 0.717) is 37.4 Å². The van der Waals surface area contributed by atoms with E-state index in [1.807, 2.05) is 4.90 Å². The second-order valence-corrected chi connectivity index (χ2v) is 6.58. The zero-order chi connectivity index (χ0) is 14.5. The van der Waals surface area contributed by atoms with E-state index in [4.69, 9.17) is 0 Å². The third-order valence-corrected chi connectivity index (χ3v) is 3.88. The predicted octanol–water partition coefficient (Wildman–Crippen LogP) is 1.73. The first-order valence-electron chi connectivity index (χ1n) is 7.86. The third-order valence-electron chi connectivity index (χ3n) is 3.88. The number of carbonyl (C=O) groups is 2. The number of carbonyl (C=O) groups excluding carboxylic acids is 2. The van der Waals surface area contributed by atoms with Crippen LogP contribution in [0.2, 0.25) is 0 Å². The van der Waals surface area contributed by atoms with Crippen LogP contribution in [-0.4, -0.2) is 42.5 Å². The fourth-order valence-corrected chi connectivity index (χ4v) is 2.60. The van der Waals surface area contributed by atoms with Gasteiger partial charge in [0.1, 0.15) is 0 Å². The average molecular weight is 281 g/mol. The molecule has 2 rings (SSSR count). The summed E-state index contributed by atoms with van der Waals surface area (Å²) in [4.78, 5) is 25.7. The van der Waals surface area contributed by atoms with Crippen molar-refractivity contribution in [3.8, 4) is 0 Å². The molecule has 3 amide bonds. The van der Waals surface area contributed by atoms with Crippen LogP contribution in [-0.2, 0) is 4.79 Å². The Hall–Kier alpha value is -1.26. The molecule has 20 heavy (non-hydrogen) atoms. The highest BCUT2D eigenvalue weighted by atomic mass is 16.2. The number of nitrogens with zero attached hydrogens (tertiary/aromatic N) is 1. The zero-order valence-corrected chi connectivity index (χ0v) is 12.7. The number of piperidine rings is 1. The molecule has 0 spiro atoms. The Balaban J connectivity index is 1.72. The van der Waals surface area contributed by atoms with Gasteiger partial charge in [-0.15, -0.1) is 0 Å². The molecule has 0 aromatic heterocycles. The molecule has 1 heterocycles. The van der Waals surface area contributed by atoms with Crippen molar-refractivity contribution in [2.45, 2.75) is 52.0 Å². The molecule has 114 valence electrons. The lowest BCUT2D eigenvalue weighted by atomic mass is 9.94. The Bertz CT molecular complexity index is 353. The molecule has 2 fully saturated rings. The van der Waals surface area contributed by atoms with E-state index in [1.54, 1.807) is 0 Å². The maximum absolute atomic E-state index is 12.0. The number of hydrogen-bond donors (Lipinski definition) is 2. The maximum Gasteiger partial charge on any atom is 0.317 e. The van der Waals surface area contributed by atoms with Gasteiger partial charge in [0.25, 0.3) is 0 Å². The van der Waals surface area contributed by atoms with Gasteiger partial charge in [-0.2, -0.15) is 0 Å². The molecular formula is C15H27N3O2. The molecule has 1 saturated carbocycles. The first kappa shape index (κ1) is 15.1. The molecule has 1 aliphatic carbocycles. The van der Waals surface area contributed by atoms with Gasteiger partial charge in [-0.3, -0.25) is 4.79 Å². The Morgan fingerprint density at radius 3 is 2.65 bits per heavy atom. The molecular weight excluding hydrogens is 254 g/mol. The van der Waals surface area contributed by atoms with Gasteiger partial charge in [-0.1, -0.05) is 13.8 Å². The van der Waals surface area contributed by atoms with Gasteiger partial charge in [-0.25, -0.2) is 4.79 Å². The standard InChI is InChI=1S/C15H27N3O2/c1-11(2)9-16-15(20)18-7-3-4-12(10-18)8-14(19)17-13-5-6-13/h11-13H,3-10H2,1-2H3,(H,16,20)(H,17,19)/t12-/m0/s1. The number of amides is 3. The Morgan fingerprint density at radius 1 is 1.25 bits per heavy atom. The van der Waals surface area contributed by atoms with Gasteiger partial charge in [0.05, 0.1) is 0 Å². The third kappa shape index (κ3) is 5.02. The predicted molar refractivity (Wildman–Crippen MR) is 78.3 cm³/mol. The van der Waals surface area contributed by atoms with Crippen molar-refractivity contribution in [1.82, 2.24) is 15.5 Å². The first-order valence-corrected chi connectivity index (χ1v) is 7.86. The average Bonchev–Trinajstić information content (AvgIpc) is 3.19. The molecule has 1 aliphatic heterocycles. The van der Waals surface area contributed by atoms with Gasteiger partial charge in [-0.05, 0) is 37.5 Å². The molecule has 1 atom stereocenters. The first-order chi connectivity index (χ1) is 9.54. The van der Waals surface area contributed by atoms with Gasteiger partial charge in [0, 0.05) is 32.1 Å². The molecule has 0 aromatic carbocycles. The Kier molecular flexibility index (Phi) is 5.26. The molecule has 0 radical (unpaired) electrons. The number of rotatable bonds is 5.